The van der Waals surface area contributed by atoms with Gasteiger partial charge in [0, 0.05) is 16.2 Å². The van der Waals surface area contributed by atoms with Gasteiger partial charge in [0.1, 0.15) is 10.9 Å². The van der Waals surface area contributed by atoms with Crippen molar-refractivity contribution < 1.29 is 13.9 Å². The van der Waals surface area contributed by atoms with Crippen molar-refractivity contribution in [1.82, 2.24) is 15.2 Å². The molecule has 7 heteroatoms. The summed E-state index contributed by atoms with van der Waals surface area (Å²) in [6, 6.07) is 13.2. The molecule has 2 aliphatic heterocycles. The second-order valence-electron chi connectivity index (χ2n) is 6.18. The molecule has 0 atom stereocenters. The number of nitrogens with one attached hydrogen (secondary N) is 2. The summed E-state index contributed by atoms with van der Waals surface area (Å²) in [6.07, 6.45) is 0. The quantitative estimate of drug-likeness (QED) is 0.487. The number of ether oxygens (including phenoxy) is 2. The fraction of sp³-hybridized carbons (Fsp3) is 0.0526. The number of rotatable bonds is 1. The smallest absolute Gasteiger partial charge is 0.231 e. The average Bonchev–Trinajstić information content (AvgIpc) is 3.37. The van der Waals surface area contributed by atoms with Gasteiger partial charge in [-0.3, -0.25) is 9.89 Å². The van der Waals surface area contributed by atoms with E-state index in [1.54, 1.807) is 6.07 Å². The van der Waals surface area contributed by atoms with Gasteiger partial charge in [-0.15, -0.1) is 0 Å². The molecule has 0 unspecified atom stereocenters. The molecular formula is C19H11N3O4. The summed E-state index contributed by atoms with van der Waals surface area (Å²) < 4.78 is 16.7. The highest BCUT2D eigenvalue weighted by Gasteiger charge is 2.19. The van der Waals surface area contributed by atoms with Gasteiger partial charge in [-0.05, 0) is 24.3 Å². The fourth-order valence-corrected chi connectivity index (χ4v) is 3.43. The van der Waals surface area contributed by atoms with Crippen LogP contribution in [-0.2, 0) is 0 Å². The SMILES string of the molecule is O=c1c2[nH]nc(-c3cc4ccccc4o3)[nH]c=2c2cc3c(cc12)OCO3. The van der Waals surface area contributed by atoms with Gasteiger partial charge in [-0.2, -0.15) is 5.10 Å². The Hall–Kier alpha value is -3.74. The van der Waals surface area contributed by atoms with E-state index in [0.717, 1.165) is 16.4 Å². The minimum atomic E-state index is -0.131. The third-order valence-corrected chi connectivity index (χ3v) is 4.69. The minimum Gasteiger partial charge on any atom is -0.454 e. The first kappa shape index (κ1) is 13.5. The molecule has 0 spiro atoms. The predicted molar refractivity (Wildman–Crippen MR) is 93.3 cm³/mol. The van der Waals surface area contributed by atoms with Gasteiger partial charge in [0.15, 0.2) is 23.1 Å². The summed E-state index contributed by atoms with van der Waals surface area (Å²) in [5, 5.41) is 10.5. The highest BCUT2D eigenvalue weighted by Crippen LogP contribution is 2.35. The molecule has 1 aliphatic carbocycles. The molecule has 2 aromatic carbocycles. The highest BCUT2D eigenvalue weighted by molar-refractivity contribution is 5.88. The van der Waals surface area contributed by atoms with E-state index >= 15 is 0 Å². The number of furan rings is 1. The van der Waals surface area contributed by atoms with Crippen LogP contribution in [-0.4, -0.2) is 22.0 Å². The lowest BCUT2D eigenvalue weighted by molar-refractivity contribution is 0.174. The first-order valence-corrected chi connectivity index (χ1v) is 8.10. The molecule has 26 heavy (non-hydrogen) atoms. The van der Waals surface area contributed by atoms with E-state index in [-0.39, 0.29) is 12.2 Å². The first-order valence-electron chi connectivity index (χ1n) is 8.10. The summed E-state index contributed by atoms with van der Waals surface area (Å²) in [6.45, 7) is 0.162. The van der Waals surface area contributed by atoms with Crippen molar-refractivity contribution >= 4 is 21.7 Å². The average molecular weight is 345 g/mol. The van der Waals surface area contributed by atoms with Crippen LogP contribution in [0.4, 0.5) is 0 Å². The third-order valence-electron chi connectivity index (χ3n) is 4.69. The molecule has 126 valence electrons. The number of aromatic nitrogens is 3. The minimum absolute atomic E-state index is 0.131. The van der Waals surface area contributed by atoms with Gasteiger partial charge in [-0.1, -0.05) is 18.2 Å². The van der Waals surface area contributed by atoms with Crippen molar-refractivity contribution in [1.29, 1.82) is 0 Å². The maximum Gasteiger partial charge on any atom is 0.231 e. The largest absolute Gasteiger partial charge is 0.454 e. The van der Waals surface area contributed by atoms with Crippen LogP contribution in [0.15, 0.2) is 51.7 Å². The molecule has 0 saturated carbocycles. The van der Waals surface area contributed by atoms with Crippen LogP contribution in [0.3, 0.4) is 0 Å². The van der Waals surface area contributed by atoms with E-state index in [1.165, 1.54) is 0 Å². The summed E-state index contributed by atoms with van der Waals surface area (Å²) >= 11 is 0. The zero-order valence-electron chi connectivity index (χ0n) is 13.3. The number of aromatic amines is 2. The van der Waals surface area contributed by atoms with Crippen LogP contribution in [0.2, 0.25) is 0 Å². The Labute approximate surface area is 144 Å². The number of H-pyrrole nitrogens is 2. The number of para-hydroxylation sites is 1. The van der Waals surface area contributed by atoms with Crippen molar-refractivity contribution in [2.45, 2.75) is 0 Å². The van der Waals surface area contributed by atoms with Crippen LogP contribution in [0.1, 0.15) is 0 Å². The molecule has 3 aromatic rings. The lowest BCUT2D eigenvalue weighted by Crippen LogP contribution is -2.02. The standard InChI is InChI=1S/C19H11N3O4/c23-18-11-7-14-13(24-8-25-14)6-10(11)16-17(18)21-22-19(20-16)15-5-9-3-1-2-4-12(9)26-15/h1-7,21H,8H2,(H,20,22). The van der Waals surface area contributed by atoms with E-state index in [1.807, 2.05) is 36.4 Å². The normalized spacial score (nSPS) is 13.2. The van der Waals surface area contributed by atoms with Gasteiger partial charge >= 0.3 is 0 Å². The predicted octanol–water partition coefficient (Wildman–Crippen LogP) is 3.12. The van der Waals surface area contributed by atoms with Crippen LogP contribution < -0.4 is 14.9 Å². The van der Waals surface area contributed by atoms with Crippen molar-refractivity contribution in [3.63, 3.8) is 0 Å². The van der Waals surface area contributed by atoms with Gasteiger partial charge in [0.25, 0.3) is 0 Å². The maximum atomic E-state index is 12.7. The Morgan fingerprint density at radius 3 is 2.62 bits per heavy atom. The van der Waals surface area contributed by atoms with Gasteiger partial charge < -0.3 is 18.9 Å². The molecule has 0 fully saturated rings. The summed E-state index contributed by atoms with van der Waals surface area (Å²) in [4.78, 5) is 15.9. The molecule has 2 N–H and O–H groups in total. The zero-order chi connectivity index (χ0) is 17.3. The van der Waals surface area contributed by atoms with Crippen LogP contribution in [0, 0.1) is 10.7 Å². The molecule has 0 saturated heterocycles. The number of hydrogen-bond acceptors (Lipinski definition) is 5. The van der Waals surface area contributed by atoms with Gasteiger partial charge in [0.05, 0.1) is 5.35 Å². The van der Waals surface area contributed by atoms with Crippen LogP contribution in [0.5, 0.6) is 11.5 Å². The van der Waals surface area contributed by atoms with E-state index in [9.17, 15) is 4.79 Å². The first-order chi connectivity index (χ1) is 12.8. The molecule has 7 nitrogen and oxygen atoms in total. The van der Waals surface area contributed by atoms with Crippen LogP contribution in [0.25, 0.3) is 33.3 Å². The highest BCUT2D eigenvalue weighted by atomic mass is 16.7. The Bertz CT molecular complexity index is 1410. The summed E-state index contributed by atoms with van der Waals surface area (Å²) in [7, 11) is 0. The lowest BCUT2D eigenvalue weighted by atomic mass is 10.2. The van der Waals surface area contributed by atoms with Crippen molar-refractivity contribution in [3.05, 3.63) is 63.4 Å². The number of fused-ring (bicyclic) bond motifs is 4. The Morgan fingerprint density at radius 2 is 1.77 bits per heavy atom. The maximum absolute atomic E-state index is 12.7. The van der Waals surface area contributed by atoms with E-state index in [4.69, 9.17) is 13.9 Å². The molecule has 0 radical (unpaired) electrons. The summed E-state index contributed by atoms with van der Waals surface area (Å²) in [5.74, 6) is 2.31. The summed E-state index contributed by atoms with van der Waals surface area (Å²) in [5.41, 5.74) is 0.645. The van der Waals surface area contributed by atoms with Crippen molar-refractivity contribution in [2.24, 2.45) is 0 Å². The van der Waals surface area contributed by atoms with Gasteiger partial charge in [-0.25, -0.2) is 0 Å². The second-order valence-corrected chi connectivity index (χ2v) is 6.18. The van der Waals surface area contributed by atoms with Crippen LogP contribution >= 0.6 is 0 Å². The van der Waals surface area contributed by atoms with E-state index in [2.05, 4.69) is 15.2 Å². The molecule has 1 aromatic heterocycles. The fourth-order valence-electron chi connectivity index (χ4n) is 3.43. The Kier molecular flexibility index (Phi) is 2.43. The Morgan fingerprint density at radius 1 is 0.962 bits per heavy atom. The molecule has 6 rings (SSSR count). The van der Waals surface area contributed by atoms with Crippen molar-refractivity contribution in [2.75, 3.05) is 6.79 Å². The molecular weight excluding hydrogens is 334 g/mol. The van der Waals surface area contributed by atoms with E-state index in [0.29, 0.717) is 39.2 Å². The molecule has 0 bridgehead atoms. The van der Waals surface area contributed by atoms with Gasteiger partial charge in [0.2, 0.25) is 12.2 Å². The topological polar surface area (TPSA) is 93.1 Å². The van der Waals surface area contributed by atoms with E-state index < -0.39 is 0 Å². The lowest BCUT2D eigenvalue weighted by Gasteiger charge is -1.98. The Balaban J connectivity index is 1.66. The number of benzene rings is 2. The number of nitrogens with zero attached hydrogens (tertiary/aromatic N) is 1. The monoisotopic (exact) mass is 345 g/mol. The second kappa shape index (κ2) is 4.66. The molecule has 0 amide bonds. The zero-order valence-corrected chi connectivity index (χ0v) is 13.3. The number of hydrogen-bond donors (Lipinski definition) is 2. The third kappa shape index (κ3) is 1.71. The van der Waals surface area contributed by atoms with Crippen molar-refractivity contribution in [3.8, 4) is 23.1 Å². The molecule has 3 heterocycles. The molecule has 3 aliphatic rings.